The molecule has 1 aromatic heterocycles. The Balaban J connectivity index is 2.02. The molecule has 5 nitrogen and oxygen atoms in total. The third-order valence-electron chi connectivity index (χ3n) is 2.91. The highest BCUT2D eigenvalue weighted by atomic mass is 16.2. The Morgan fingerprint density at radius 2 is 2.27 bits per heavy atom. The van der Waals surface area contributed by atoms with Gasteiger partial charge in [0.1, 0.15) is 12.2 Å². The van der Waals surface area contributed by atoms with E-state index in [4.69, 9.17) is 5.11 Å². The van der Waals surface area contributed by atoms with Crippen LogP contribution >= 0.6 is 0 Å². The number of rotatable bonds is 4. The number of hydrogen-bond acceptors (Lipinski definition) is 4. The summed E-state index contributed by atoms with van der Waals surface area (Å²) in [5.74, 6) is 1.01. The van der Waals surface area contributed by atoms with Crippen molar-refractivity contribution in [3.8, 4) is 0 Å². The van der Waals surface area contributed by atoms with Crippen LogP contribution in [0.3, 0.4) is 0 Å². The van der Waals surface area contributed by atoms with Gasteiger partial charge < -0.3 is 15.0 Å². The molecule has 2 rings (SSSR count). The maximum atomic E-state index is 8.80. The topological polar surface area (TPSA) is 63.0 Å². The standard InChI is InChI=1S/C10H18N4O/c15-7-1-2-10-13-12-8-14(10)9-3-5-11-6-4-9/h8-9,11,15H,1-7H2. The van der Waals surface area contributed by atoms with Crippen LogP contribution in [0.2, 0.25) is 0 Å². The molecule has 0 atom stereocenters. The van der Waals surface area contributed by atoms with Crippen LogP contribution in [0.4, 0.5) is 0 Å². The Bertz CT molecular complexity index is 293. The second-order valence-electron chi connectivity index (χ2n) is 3.96. The van der Waals surface area contributed by atoms with Gasteiger partial charge in [-0.2, -0.15) is 0 Å². The molecule has 1 aliphatic rings. The number of nitrogens with one attached hydrogen (secondary N) is 1. The van der Waals surface area contributed by atoms with Gasteiger partial charge in [-0.15, -0.1) is 10.2 Å². The lowest BCUT2D eigenvalue weighted by Crippen LogP contribution is -2.29. The molecular weight excluding hydrogens is 192 g/mol. The Morgan fingerprint density at radius 1 is 1.47 bits per heavy atom. The van der Waals surface area contributed by atoms with Gasteiger partial charge in [0, 0.05) is 19.1 Å². The molecule has 0 spiro atoms. The fraction of sp³-hybridized carbons (Fsp3) is 0.800. The number of piperidine rings is 1. The summed E-state index contributed by atoms with van der Waals surface area (Å²) >= 11 is 0. The van der Waals surface area contributed by atoms with E-state index in [0.717, 1.165) is 44.6 Å². The number of hydrogen-bond donors (Lipinski definition) is 2. The summed E-state index contributed by atoms with van der Waals surface area (Å²) in [6.45, 7) is 2.36. The summed E-state index contributed by atoms with van der Waals surface area (Å²) in [7, 11) is 0. The first-order chi connectivity index (χ1) is 7.42. The van der Waals surface area contributed by atoms with Crippen LogP contribution in [0.1, 0.15) is 31.1 Å². The smallest absolute Gasteiger partial charge is 0.133 e. The highest BCUT2D eigenvalue weighted by Crippen LogP contribution is 2.19. The van der Waals surface area contributed by atoms with Gasteiger partial charge in [0.25, 0.3) is 0 Å². The number of aliphatic hydroxyl groups excluding tert-OH is 1. The Morgan fingerprint density at radius 3 is 3.00 bits per heavy atom. The molecule has 84 valence electrons. The predicted octanol–water partition coefficient (Wildman–Crippen LogP) is 0.128. The summed E-state index contributed by atoms with van der Waals surface area (Å²) < 4.78 is 2.18. The van der Waals surface area contributed by atoms with Crippen LogP contribution in [0.25, 0.3) is 0 Å². The summed E-state index contributed by atoms with van der Waals surface area (Å²) in [5, 5.41) is 20.2. The van der Waals surface area contributed by atoms with Crippen LogP contribution in [0.5, 0.6) is 0 Å². The summed E-state index contributed by atoms with van der Waals surface area (Å²) in [4.78, 5) is 0. The maximum absolute atomic E-state index is 8.80. The molecule has 5 heteroatoms. The first-order valence-corrected chi connectivity index (χ1v) is 5.62. The van der Waals surface area contributed by atoms with E-state index in [0.29, 0.717) is 6.04 Å². The molecule has 0 saturated carbocycles. The summed E-state index contributed by atoms with van der Waals surface area (Å²) in [5.41, 5.74) is 0. The third kappa shape index (κ3) is 2.54. The van der Waals surface area contributed by atoms with E-state index in [9.17, 15) is 0 Å². The van der Waals surface area contributed by atoms with Crippen molar-refractivity contribution in [1.82, 2.24) is 20.1 Å². The van der Waals surface area contributed by atoms with Gasteiger partial charge in [-0.1, -0.05) is 0 Å². The molecule has 1 saturated heterocycles. The molecule has 0 unspecified atom stereocenters. The number of aromatic nitrogens is 3. The van der Waals surface area contributed by atoms with Crippen LogP contribution in [0, 0.1) is 0 Å². The van der Waals surface area contributed by atoms with Gasteiger partial charge in [0.05, 0.1) is 0 Å². The molecule has 0 aliphatic carbocycles. The molecule has 1 aliphatic heterocycles. The minimum atomic E-state index is 0.221. The Labute approximate surface area is 89.5 Å². The van der Waals surface area contributed by atoms with Gasteiger partial charge >= 0.3 is 0 Å². The third-order valence-corrected chi connectivity index (χ3v) is 2.91. The SMILES string of the molecule is OCCCc1nncn1C1CCNCC1. The minimum Gasteiger partial charge on any atom is -0.396 e. The number of nitrogens with zero attached hydrogens (tertiary/aromatic N) is 3. The van der Waals surface area contributed by atoms with Crippen molar-refractivity contribution in [2.75, 3.05) is 19.7 Å². The van der Waals surface area contributed by atoms with Gasteiger partial charge in [-0.3, -0.25) is 0 Å². The highest BCUT2D eigenvalue weighted by molar-refractivity contribution is 4.91. The van der Waals surface area contributed by atoms with E-state index in [2.05, 4.69) is 20.1 Å². The Kier molecular flexibility index (Phi) is 3.69. The fourth-order valence-corrected chi connectivity index (χ4v) is 2.07. The van der Waals surface area contributed by atoms with Gasteiger partial charge in [-0.25, -0.2) is 0 Å². The minimum absolute atomic E-state index is 0.221. The van der Waals surface area contributed by atoms with E-state index in [-0.39, 0.29) is 6.61 Å². The maximum Gasteiger partial charge on any atom is 0.133 e. The van der Waals surface area contributed by atoms with Crippen molar-refractivity contribution < 1.29 is 5.11 Å². The van der Waals surface area contributed by atoms with Crippen molar-refractivity contribution in [3.63, 3.8) is 0 Å². The van der Waals surface area contributed by atoms with E-state index in [1.54, 1.807) is 0 Å². The van der Waals surface area contributed by atoms with Crippen LogP contribution < -0.4 is 5.32 Å². The van der Waals surface area contributed by atoms with Crippen LogP contribution in [-0.4, -0.2) is 39.6 Å². The first kappa shape index (κ1) is 10.6. The normalized spacial score (nSPS) is 18.2. The van der Waals surface area contributed by atoms with Gasteiger partial charge in [0.2, 0.25) is 0 Å². The summed E-state index contributed by atoms with van der Waals surface area (Å²) in [6, 6.07) is 0.537. The number of aryl methyl sites for hydroxylation is 1. The lowest BCUT2D eigenvalue weighted by molar-refractivity contribution is 0.284. The lowest BCUT2D eigenvalue weighted by Gasteiger charge is -2.24. The van der Waals surface area contributed by atoms with E-state index < -0.39 is 0 Å². The average Bonchev–Trinajstić information content (AvgIpc) is 2.75. The highest BCUT2D eigenvalue weighted by Gasteiger charge is 2.17. The summed E-state index contributed by atoms with van der Waals surface area (Å²) in [6.07, 6.45) is 5.70. The zero-order valence-corrected chi connectivity index (χ0v) is 8.89. The van der Waals surface area contributed by atoms with Crippen molar-refractivity contribution in [2.45, 2.75) is 31.7 Å². The molecule has 0 amide bonds. The molecule has 0 radical (unpaired) electrons. The second kappa shape index (κ2) is 5.23. The quantitative estimate of drug-likeness (QED) is 0.741. The van der Waals surface area contributed by atoms with Crippen LogP contribution in [0.15, 0.2) is 6.33 Å². The first-order valence-electron chi connectivity index (χ1n) is 5.62. The molecule has 1 aromatic rings. The van der Waals surface area contributed by atoms with E-state index in [1.807, 2.05) is 6.33 Å². The average molecular weight is 210 g/mol. The van der Waals surface area contributed by atoms with Gasteiger partial charge in [0.15, 0.2) is 0 Å². The zero-order valence-electron chi connectivity index (χ0n) is 8.89. The van der Waals surface area contributed by atoms with E-state index in [1.165, 1.54) is 0 Å². The van der Waals surface area contributed by atoms with Crippen molar-refractivity contribution >= 4 is 0 Å². The van der Waals surface area contributed by atoms with E-state index >= 15 is 0 Å². The van der Waals surface area contributed by atoms with Crippen molar-refractivity contribution in [2.24, 2.45) is 0 Å². The lowest BCUT2D eigenvalue weighted by atomic mass is 10.1. The fourth-order valence-electron chi connectivity index (χ4n) is 2.07. The molecular formula is C10H18N4O. The zero-order chi connectivity index (χ0) is 10.5. The second-order valence-corrected chi connectivity index (χ2v) is 3.96. The molecule has 1 fully saturated rings. The molecule has 0 aromatic carbocycles. The van der Waals surface area contributed by atoms with Crippen molar-refractivity contribution in [1.29, 1.82) is 0 Å². The molecule has 2 N–H and O–H groups in total. The van der Waals surface area contributed by atoms with Crippen LogP contribution in [-0.2, 0) is 6.42 Å². The number of aliphatic hydroxyl groups is 1. The molecule has 2 heterocycles. The predicted molar refractivity (Wildman–Crippen MR) is 56.6 cm³/mol. The molecule has 0 bridgehead atoms. The van der Waals surface area contributed by atoms with Gasteiger partial charge in [-0.05, 0) is 32.4 Å². The van der Waals surface area contributed by atoms with Crippen molar-refractivity contribution in [3.05, 3.63) is 12.2 Å². The largest absolute Gasteiger partial charge is 0.396 e. The monoisotopic (exact) mass is 210 g/mol. The molecule has 15 heavy (non-hydrogen) atoms. The Hall–Kier alpha value is -0.940.